The lowest BCUT2D eigenvalue weighted by molar-refractivity contribution is 0.170. The Morgan fingerprint density at radius 3 is 3.00 bits per heavy atom. The van der Waals surface area contributed by atoms with Crippen LogP contribution < -0.4 is 10.2 Å². The summed E-state index contributed by atoms with van der Waals surface area (Å²) in [6.07, 6.45) is 2.47. The van der Waals surface area contributed by atoms with Gasteiger partial charge in [-0.05, 0) is 19.4 Å². The van der Waals surface area contributed by atoms with Crippen LogP contribution in [0, 0.1) is 5.92 Å². The van der Waals surface area contributed by atoms with Crippen LogP contribution in [0.1, 0.15) is 12.2 Å². The van der Waals surface area contributed by atoms with Crippen molar-refractivity contribution >= 4 is 0 Å². The summed E-state index contributed by atoms with van der Waals surface area (Å²) in [4.78, 5) is 13.7. The molecule has 1 fully saturated rings. The number of ether oxygens (including phenoxy) is 2. The van der Waals surface area contributed by atoms with Gasteiger partial charge in [0.1, 0.15) is 12.0 Å². The van der Waals surface area contributed by atoms with Crippen LogP contribution in [0.15, 0.2) is 21.5 Å². The number of hydrogen-bond donors (Lipinski definition) is 0. The van der Waals surface area contributed by atoms with Gasteiger partial charge in [0.15, 0.2) is 0 Å². The zero-order valence-corrected chi connectivity index (χ0v) is 10.8. The van der Waals surface area contributed by atoms with Crippen molar-refractivity contribution in [1.29, 1.82) is 0 Å². The minimum atomic E-state index is -0.142. The Balaban J connectivity index is 1.91. The van der Waals surface area contributed by atoms with Crippen molar-refractivity contribution in [3.63, 3.8) is 0 Å². The summed E-state index contributed by atoms with van der Waals surface area (Å²) < 4.78 is 15.6. The Labute approximate surface area is 106 Å². The lowest BCUT2D eigenvalue weighted by Gasteiger charge is -2.19. The van der Waals surface area contributed by atoms with E-state index in [4.69, 9.17) is 13.9 Å². The molecule has 0 N–H and O–H groups in total. The summed E-state index contributed by atoms with van der Waals surface area (Å²) in [6.45, 7) is 3.26. The van der Waals surface area contributed by atoms with Crippen LogP contribution >= 0.6 is 0 Å². The maximum atomic E-state index is 11.6. The zero-order valence-electron chi connectivity index (χ0n) is 10.8. The zero-order chi connectivity index (χ0) is 13.0. The number of nitrogens with zero attached hydrogens (tertiary/aromatic N) is 1. The van der Waals surface area contributed by atoms with Gasteiger partial charge >= 0.3 is 0 Å². The maximum absolute atomic E-state index is 11.6. The average molecular weight is 253 g/mol. The largest absolute Gasteiger partial charge is 0.490 e. The fraction of sp³-hybridized carbons (Fsp3) is 0.615. The van der Waals surface area contributed by atoms with Crippen molar-refractivity contribution in [2.45, 2.75) is 13.0 Å². The first-order valence-corrected chi connectivity index (χ1v) is 6.11. The molecule has 1 saturated heterocycles. The molecule has 1 atom stereocenters. The van der Waals surface area contributed by atoms with Crippen molar-refractivity contribution in [2.75, 3.05) is 33.9 Å². The second-order valence-corrected chi connectivity index (χ2v) is 4.71. The molecule has 5 heteroatoms. The third-order valence-corrected chi connectivity index (χ3v) is 3.09. The highest BCUT2D eigenvalue weighted by Crippen LogP contribution is 2.14. The van der Waals surface area contributed by atoms with Gasteiger partial charge in [-0.2, -0.15) is 0 Å². The van der Waals surface area contributed by atoms with E-state index in [0.717, 1.165) is 26.2 Å². The maximum Gasteiger partial charge on any atom is 0.227 e. The first-order valence-electron chi connectivity index (χ1n) is 6.11. The van der Waals surface area contributed by atoms with Crippen LogP contribution in [0.3, 0.4) is 0 Å². The molecule has 0 saturated carbocycles. The summed E-state index contributed by atoms with van der Waals surface area (Å²) >= 11 is 0. The van der Waals surface area contributed by atoms with Gasteiger partial charge in [-0.3, -0.25) is 9.69 Å². The molecule has 2 heterocycles. The van der Waals surface area contributed by atoms with Gasteiger partial charge in [-0.1, -0.05) is 0 Å². The average Bonchev–Trinajstić information content (AvgIpc) is 2.82. The molecule has 1 aromatic heterocycles. The van der Waals surface area contributed by atoms with Crippen molar-refractivity contribution in [3.8, 4) is 5.75 Å². The number of hydrogen-bond acceptors (Lipinski definition) is 5. The number of rotatable bonds is 5. The molecule has 18 heavy (non-hydrogen) atoms. The molecular formula is C13H19NO4. The fourth-order valence-electron chi connectivity index (χ4n) is 2.17. The van der Waals surface area contributed by atoms with Gasteiger partial charge in [0, 0.05) is 19.2 Å². The molecule has 0 spiro atoms. The van der Waals surface area contributed by atoms with E-state index >= 15 is 0 Å². The van der Waals surface area contributed by atoms with Crippen molar-refractivity contribution in [2.24, 2.45) is 5.92 Å². The topological polar surface area (TPSA) is 51.9 Å². The Morgan fingerprint density at radius 1 is 1.56 bits per heavy atom. The lowest BCUT2D eigenvalue weighted by atomic mass is 10.1. The van der Waals surface area contributed by atoms with E-state index in [2.05, 4.69) is 4.90 Å². The molecule has 1 aliphatic heterocycles. The molecule has 0 bridgehead atoms. The molecule has 2 rings (SSSR count). The van der Waals surface area contributed by atoms with Crippen molar-refractivity contribution in [3.05, 3.63) is 28.3 Å². The predicted molar refractivity (Wildman–Crippen MR) is 66.8 cm³/mol. The van der Waals surface area contributed by atoms with Gasteiger partial charge in [0.05, 0.1) is 20.3 Å². The van der Waals surface area contributed by atoms with E-state index in [0.29, 0.717) is 18.2 Å². The second kappa shape index (κ2) is 6.02. The summed E-state index contributed by atoms with van der Waals surface area (Å²) in [5.74, 6) is 1.48. The van der Waals surface area contributed by atoms with E-state index < -0.39 is 0 Å². The molecular weight excluding hydrogens is 234 g/mol. The quantitative estimate of drug-likeness (QED) is 0.787. The molecule has 1 aromatic rings. The van der Waals surface area contributed by atoms with Crippen LogP contribution in [0.2, 0.25) is 0 Å². The Hall–Kier alpha value is -1.33. The first kappa shape index (κ1) is 13.1. The molecule has 5 nitrogen and oxygen atoms in total. The van der Waals surface area contributed by atoms with E-state index in [-0.39, 0.29) is 11.2 Å². The van der Waals surface area contributed by atoms with E-state index in [9.17, 15) is 4.79 Å². The molecule has 0 amide bonds. The summed E-state index contributed by atoms with van der Waals surface area (Å²) in [5.41, 5.74) is -0.142. The van der Waals surface area contributed by atoms with Crippen LogP contribution in [-0.2, 0) is 11.3 Å². The van der Waals surface area contributed by atoms with Gasteiger partial charge in [0.2, 0.25) is 11.2 Å². The second-order valence-electron chi connectivity index (χ2n) is 4.71. The third-order valence-electron chi connectivity index (χ3n) is 3.09. The Morgan fingerprint density at radius 2 is 2.39 bits per heavy atom. The fourth-order valence-corrected chi connectivity index (χ4v) is 2.17. The minimum Gasteiger partial charge on any atom is -0.490 e. The van der Waals surface area contributed by atoms with Crippen molar-refractivity contribution < 1.29 is 13.9 Å². The van der Waals surface area contributed by atoms with Gasteiger partial charge in [0.25, 0.3) is 0 Å². The predicted octanol–water partition coefficient (Wildman–Crippen LogP) is 1.12. The molecule has 100 valence electrons. The third kappa shape index (κ3) is 3.34. The smallest absolute Gasteiger partial charge is 0.227 e. The minimum absolute atomic E-state index is 0.142. The van der Waals surface area contributed by atoms with Crippen molar-refractivity contribution in [1.82, 2.24) is 4.90 Å². The summed E-state index contributed by atoms with van der Waals surface area (Å²) in [5, 5.41) is 0. The Kier molecular flexibility index (Phi) is 4.38. The van der Waals surface area contributed by atoms with Gasteiger partial charge in [-0.15, -0.1) is 0 Å². The monoisotopic (exact) mass is 253 g/mol. The summed E-state index contributed by atoms with van der Waals surface area (Å²) in [7, 11) is 3.47. The highest BCUT2D eigenvalue weighted by atomic mass is 16.5. The number of methoxy groups -OCH3 is 1. The molecule has 1 unspecified atom stereocenters. The van der Waals surface area contributed by atoms with Crippen LogP contribution in [-0.4, -0.2) is 38.8 Å². The molecule has 0 radical (unpaired) electrons. The van der Waals surface area contributed by atoms with E-state index in [1.165, 1.54) is 19.4 Å². The van der Waals surface area contributed by atoms with Crippen LogP contribution in [0.4, 0.5) is 0 Å². The van der Waals surface area contributed by atoms with E-state index in [1.54, 1.807) is 0 Å². The van der Waals surface area contributed by atoms with Crippen LogP contribution in [0.5, 0.6) is 5.75 Å². The first-order chi connectivity index (χ1) is 8.69. The Bertz CT molecular complexity index is 437. The SMILES string of the molecule is COc1coc(CN(C)CC2CCOC2)cc1=O. The molecule has 1 aliphatic rings. The molecule has 0 aliphatic carbocycles. The van der Waals surface area contributed by atoms with Gasteiger partial charge < -0.3 is 13.9 Å². The highest BCUT2D eigenvalue weighted by Gasteiger charge is 2.18. The summed E-state index contributed by atoms with van der Waals surface area (Å²) in [6, 6.07) is 1.49. The normalized spacial score (nSPS) is 19.4. The molecule has 0 aromatic carbocycles. The van der Waals surface area contributed by atoms with E-state index in [1.807, 2.05) is 7.05 Å². The van der Waals surface area contributed by atoms with Crippen LogP contribution in [0.25, 0.3) is 0 Å². The highest BCUT2D eigenvalue weighted by molar-refractivity contribution is 5.17. The van der Waals surface area contributed by atoms with Gasteiger partial charge in [-0.25, -0.2) is 0 Å². The standard InChI is InChI=1S/C13H19NO4/c1-14(6-10-3-4-17-8-10)7-11-5-12(15)13(16-2)9-18-11/h5,9-10H,3-4,6-8H2,1-2H3. The lowest BCUT2D eigenvalue weighted by Crippen LogP contribution is -2.26.